The summed E-state index contributed by atoms with van der Waals surface area (Å²) in [5.74, 6) is 2.11. The quantitative estimate of drug-likeness (QED) is 0.226. The average Bonchev–Trinajstić information content (AvgIpc) is 2.83. The maximum absolute atomic E-state index is 13.3. The van der Waals surface area contributed by atoms with Gasteiger partial charge >= 0.3 is 0 Å². The molecule has 7 heteroatoms. The molecule has 0 fully saturated rings. The maximum atomic E-state index is 13.3. The summed E-state index contributed by atoms with van der Waals surface area (Å²) in [5, 5.41) is 1.21. The molecule has 5 nitrogen and oxygen atoms in total. The molecule has 1 aromatic heterocycles. The molecule has 0 amide bonds. The average molecular weight is 528 g/mol. The number of hydrogen-bond donors (Lipinski definition) is 0. The van der Waals surface area contributed by atoms with Gasteiger partial charge < -0.3 is 9.47 Å². The fourth-order valence-corrected chi connectivity index (χ4v) is 4.39. The van der Waals surface area contributed by atoms with Crippen LogP contribution in [0.1, 0.15) is 19.3 Å². The number of rotatable bonds is 9. The van der Waals surface area contributed by atoms with Crippen molar-refractivity contribution in [1.29, 1.82) is 0 Å². The molecule has 1 heterocycles. The van der Waals surface area contributed by atoms with E-state index in [2.05, 4.69) is 15.9 Å². The zero-order valence-electron chi connectivity index (χ0n) is 18.3. The van der Waals surface area contributed by atoms with Crippen LogP contribution in [0.3, 0.4) is 0 Å². The molecule has 0 spiro atoms. The lowest BCUT2D eigenvalue weighted by atomic mass is 10.1. The number of hydrogen-bond acceptors (Lipinski definition) is 4. The van der Waals surface area contributed by atoms with Crippen LogP contribution >= 0.6 is 27.5 Å². The monoisotopic (exact) mass is 526 g/mol. The Morgan fingerprint density at radius 2 is 1.79 bits per heavy atom. The number of unbranched alkanes of at least 4 members (excludes halogenated alkanes) is 2. The Bertz CT molecular complexity index is 1310. The van der Waals surface area contributed by atoms with Gasteiger partial charge in [-0.05, 0) is 73.9 Å². The molecule has 0 N–H and O–H groups in total. The lowest BCUT2D eigenvalue weighted by Gasteiger charge is -2.14. The van der Waals surface area contributed by atoms with E-state index in [4.69, 9.17) is 26.1 Å². The van der Waals surface area contributed by atoms with E-state index in [0.29, 0.717) is 40.7 Å². The van der Waals surface area contributed by atoms with Crippen LogP contribution in [0.5, 0.6) is 11.5 Å². The highest BCUT2D eigenvalue weighted by Crippen LogP contribution is 2.28. The largest absolute Gasteiger partial charge is 0.497 e. The van der Waals surface area contributed by atoms with E-state index in [-0.39, 0.29) is 5.56 Å². The summed E-state index contributed by atoms with van der Waals surface area (Å²) in [5.41, 5.74) is 1.56. The number of benzene rings is 3. The number of ether oxygens (including phenoxy) is 2. The molecule has 170 valence electrons. The molecule has 0 aliphatic heterocycles. The fourth-order valence-electron chi connectivity index (χ4n) is 3.66. The van der Waals surface area contributed by atoms with Gasteiger partial charge in [-0.1, -0.05) is 39.7 Å². The number of para-hydroxylation sites is 1. The number of halogens is 2. The molecule has 4 aromatic rings. The molecule has 0 unspecified atom stereocenters. The highest BCUT2D eigenvalue weighted by atomic mass is 79.9. The summed E-state index contributed by atoms with van der Waals surface area (Å²) in [6.45, 7) is 1.15. The van der Waals surface area contributed by atoms with Gasteiger partial charge in [0.2, 0.25) is 0 Å². The van der Waals surface area contributed by atoms with Crippen LogP contribution in [0.4, 0.5) is 0 Å². The maximum Gasteiger partial charge on any atom is 0.261 e. The van der Waals surface area contributed by atoms with Crippen LogP contribution in [0.15, 0.2) is 76.0 Å². The fraction of sp³-hybridized carbons (Fsp3) is 0.231. The molecule has 0 saturated heterocycles. The number of methoxy groups -OCH3 is 1. The van der Waals surface area contributed by atoms with Crippen LogP contribution in [-0.4, -0.2) is 23.3 Å². The van der Waals surface area contributed by atoms with Gasteiger partial charge in [-0.15, -0.1) is 0 Å². The predicted molar refractivity (Wildman–Crippen MR) is 136 cm³/mol. The van der Waals surface area contributed by atoms with E-state index in [9.17, 15) is 4.79 Å². The van der Waals surface area contributed by atoms with Crippen LogP contribution < -0.4 is 15.0 Å². The van der Waals surface area contributed by atoms with E-state index < -0.39 is 0 Å². The summed E-state index contributed by atoms with van der Waals surface area (Å²) in [6, 6.07) is 20.7. The summed E-state index contributed by atoms with van der Waals surface area (Å²) >= 11 is 9.59. The van der Waals surface area contributed by atoms with Crippen LogP contribution in [0.2, 0.25) is 5.02 Å². The van der Waals surface area contributed by atoms with Gasteiger partial charge in [0, 0.05) is 16.6 Å². The van der Waals surface area contributed by atoms with Gasteiger partial charge in [0.1, 0.15) is 17.3 Å². The zero-order valence-corrected chi connectivity index (χ0v) is 20.6. The summed E-state index contributed by atoms with van der Waals surface area (Å²) < 4.78 is 13.8. The Morgan fingerprint density at radius 3 is 2.55 bits per heavy atom. The third-order valence-electron chi connectivity index (χ3n) is 5.39. The molecule has 0 bridgehead atoms. The second-order valence-electron chi connectivity index (χ2n) is 7.62. The molecule has 3 aromatic carbocycles. The van der Waals surface area contributed by atoms with Crippen molar-refractivity contribution in [2.24, 2.45) is 0 Å². The van der Waals surface area contributed by atoms with Gasteiger partial charge in [0.05, 0.1) is 29.6 Å². The molecule has 4 rings (SSSR count). The Balaban J connectivity index is 1.46. The van der Waals surface area contributed by atoms with Gasteiger partial charge in [-0.25, -0.2) is 4.98 Å². The topological polar surface area (TPSA) is 53.3 Å². The number of nitrogens with zero attached hydrogens (tertiary/aromatic N) is 2. The van der Waals surface area contributed by atoms with Crippen molar-refractivity contribution in [3.8, 4) is 22.9 Å². The highest BCUT2D eigenvalue weighted by Gasteiger charge is 2.13. The minimum atomic E-state index is -0.0238. The standard InChI is InChI=1S/C26H24BrClN2O3/c1-32-20-12-9-18(10-13-20)25-29-23-8-4-3-7-21(23)26(31)30(25)15-5-2-6-16-33-24-14-11-19(27)17-22(24)28/h3-4,7-14,17H,2,5-6,15-16H2,1H3. The second kappa shape index (κ2) is 10.9. The minimum absolute atomic E-state index is 0.0238. The van der Waals surface area contributed by atoms with Crippen LogP contribution in [0.25, 0.3) is 22.3 Å². The van der Waals surface area contributed by atoms with Crippen molar-refractivity contribution in [2.45, 2.75) is 25.8 Å². The van der Waals surface area contributed by atoms with E-state index in [1.165, 1.54) is 0 Å². The van der Waals surface area contributed by atoms with Crippen molar-refractivity contribution in [3.63, 3.8) is 0 Å². The van der Waals surface area contributed by atoms with Gasteiger partial charge in [-0.3, -0.25) is 9.36 Å². The third-order valence-corrected chi connectivity index (χ3v) is 6.18. The molecule has 0 atom stereocenters. The number of aromatic nitrogens is 2. The summed E-state index contributed by atoms with van der Waals surface area (Å²) in [7, 11) is 1.63. The minimum Gasteiger partial charge on any atom is -0.497 e. The first-order valence-corrected chi connectivity index (χ1v) is 12.0. The molecule has 0 aliphatic rings. The zero-order chi connectivity index (χ0) is 23.2. The predicted octanol–water partition coefficient (Wildman–Crippen LogP) is 6.74. The second-order valence-corrected chi connectivity index (χ2v) is 8.94. The van der Waals surface area contributed by atoms with Crippen LogP contribution in [-0.2, 0) is 6.54 Å². The van der Waals surface area contributed by atoms with Gasteiger partial charge in [0.15, 0.2) is 0 Å². The highest BCUT2D eigenvalue weighted by molar-refractivity contribution is 9.10. The smallest absolute Gasteiger partial charge is 0.261 e. The lowest BCUT2D eigenvalue weighted by Crippen LogP contribution is -2.23. The number of fused-ring (bicyclic) bond motifs is 1. The van der Waals surface area contributed by atoms with E-state index in [1.54, 1.807) is 11.7 Å². The first-order valence-electron chi connectivity index (χ1n) is 10.8. The molecular weight excluding hydrogens is 504 g/mol. The van der Waals surface area contributed by atoms with Crippen molar-refractivity contribution in [3.05, 3.63) is 86.6 Å². The van der Waals surface area contributed by atoms with Gasteiger partial charge in [0.25, 0.3) is 5.56 Å². The Kier molecular flexibility index (Phi) is 7.68. The van der Waals surface area contributed by atoms with Crippen molar-refractivity contribution < 1.29 is 9.47 Å². The van der Waals surface area contributed by atoms with E-state index in [1.807, 2.05) is 66.7 Å². The Hall–Kier alpha value is -2.83. The summed E-state index contributed by atoms with van der Waals surface area (Å²) in [6.07, 6.45) is 2.61. The van der Waals surface area contributed by atoms with Crippen LogP contribution in [0, 0.1) is 0 Å². The normalized spacial score (nSPS) is 11.0. The van der Waals surface area contributed by atoms with E-state index in [0.717, 1.165) is 35.0 Å². The van der Waals surface area contributed by atoms with Gasteiger partial charge in [-0.2, -0.15) is 0 Å². The lowest BCUT2D eigenvalue weighted by molar-refractivity contribution is 0.304. The Labute approximate surface area is 206 Å². The first-order chi connectivity index (χ1) is 16.1. The van der Waals surface area contributed by atoms with Crippen molar-refractivity contribution in [2.75, 3.05) is 13.7 Å². The van der Waals surface area contributed by atoms with E-state index >= 15 is 0 Å². The Morgan fingerprint density at radius 1 is 1.00 bits per heavy atom. The molecule has 0 aliphatic carbocycles. The molecule has 0 radical (unpaired) electrons. The third kappa shape index (κ3) is 5.57. The molecule has 0 saturated carbocycles. The van der Waals surface area contributed by atoms with Crippen molar-refractivity contribution >= 4 is 38.4 Å². The van der Waals surface area contributed by atoms with Crippen molar-refractivity contribution in [1.82, 2.24) is 9.55 Å². The summed E-state index contributed by atoms with van der Waals surface area (Å²) in [4.78, 5) is 18.1. The molecular formula is C26H24BrClN2O3. The SMILES string of the molecule is COc1ccc(-c2nc3ccccc3c(=O)n2CCCCCOc2ccc(Br)cc2Cl)cc1. The molecule has 33 heavy (non-hydrogen) atoms. The first kappa shape index (κ1) is 23.3.